The molecule has 0 unspecified atom stereocenters. The van der Waals surface area contributed by atoms with Crippen LogP contribution in [0.4, 0.5) is 5.69 Å². The number of ether oxygens (including phenoxy) is 1. The second-order valence-electron chi connectivity index (χ2n) is 6.38. The van der Waals surface area contributed by atoms with Gasteiger partial charge in [-0.2, -0.15) is 0 Å². The third-order valence-corrected chi connectivity index (χ3v) is 5.57. The van der Waals surface area contributed by atoms with E-state index in [1.807, 2.05) is 31.5 Å². The number of rotatable bonds is 4. The molecule has 26 heavy (non-hydrogen) atoms. The number of esters is 1. The molecule has 1 aromatic rings. The molecule has 0 saturated carbocycles. The van der Waals surface area contributed by atoms with Gasteiger partial charge in [0.2, 0.25) is 0 Å². The minimum atomic E-state index is -0.0809. The van der Waals surface area contributed by atoms with Gasteiger partial charge in [0.05, 0.1) is 34.5 Å². The molecule has 3 rings (SSSR count). The molecule has 1 fully saturated rings. The number of hydrogen-bond acceptors (Lipinski definition) is 4. The Morgan fingerprint density at radius 1 is 1.31 bits per heavy atom. The molecular formula is C20H22Cl2N2O2. The fourth-order valence-electron chi connectivity index (χ4n) is 3.29. The molecule has 1 aromatic heterocycles. The Hall–Kier alpha value is -1.78. The Morgan fingerprint density at radius 3 is 2.81 bits per heavy atom. The van der Waals surface area contributed by atoms with Crippen molar-refractivity contribution in [3.8, 4) is 0 Å². The van der Waals surface area contributed by atoms with Crippen molar-refractivity contribution in [2.75, 3.05) is 24.6 Å². The first-order chi connectivity index (χ1) is 12.6. The predicted octanol–water partition coefficient (Wildman–Crippen LogP) is 4.89. The zero-order valence-corrected chi connectivity index (χ0v) is 16.3. The topological polar surface area (TPSA) is 42.4 Å². The third kappa shape index (κ3) is 4.30. The smallest absolute Gasteiger partial charge is 0.309 e. The van der Waals surface area contributed by atoms with Crippen LogP contribution in [-0.4, -0.2) is 30.6 Å². The number of piperidine rings is 1. The minimum Gasteiger partial charge on any atom is -0.466 e. The summed E-state index contributed by atoms with van der Waals surface area (Å²) in [6, 6.07) is 2.10. The molecule has 2 heterocycles. The Kier molecular flexibility index (Phi) is 6.38. The third-order valence-electron chi connectivity index (χ3n) is 4.73. The number of carbonyl (C=O) groups is 1. The maximum atomic E-state index is 11.9. The molecule has 138 valence electrons. The summed E-state index contributed by atoms with van der Waals surface area (Å²) in [4.78, 5) is 18.6. The summed E-state index contributed by atoms with van der Waals surface area (Å²) >= 11 is 12.7. The number of allylic oxidation sites excluding steroid dienone is 6. The molecule has 0 radical (unpaired) electrons. The maximum Gasteiger partial charge on any atom is 0.309 e. The van der Waals surface area contributed by atoms with Crippen molar-refractivity contribution in [1.82, 2.24) is 4.98 Å². The molecule has 0 bridgehead atoms. The lowest BCUT2D eigenvalue weighted by atomic mass is 9.96. The molecule has 0 N–H and O–H groups in total. The molecule has 1 saturated heterocycles. The lowest BCUT2D eigenvalue weighted by molar-refractivity contribution is -0.148. The van der Waals surface area contributed by atoms with Gasteiger partial charge in [0, 0.05) is 19.3 Å². The second-order valence-corrected chi connectivity index (χ2v) is 7.17. The molecule has 0 amide bonds. The van der Waals surface area contributed by atoms with E-state index < -0.39 is 0 Å². The number of anilines is 1. The summed E-state index contributed by atoms with van der Waals surface area (Å²) in [7, 11) is 0. The average Bonchev–Trinajstić information content (AvgIpc) is 2.84. The fourth-order valence-corrected chi connectivity index (χ4v) is 3.73. The Bertz CT molecular complexity index is 763. The molecule has 6 heteroatoms. The largest absolute Gasteiger partial charge is 0.466 e. The first kappa shape index (κ1) is 19.0. The van der Waals surface area contributed by atoms with Gasteiger partial charge < -0.3 is 9.64 Å². The minimum absolute atomic E-state index is 0.00423. The van der Waals surface area contributed by atoms with E-state index >= 15 is 0 Å². The summed E-state index contributed by atoms with van der Waals surface area (Å²) < 4.78 is 5.14. The highest BCUT2D eigenvalue weighted by atomic mass is 35.5. The summed E-state index contributed by atoms with van der Waals surface area (Å²) in [5.74, 6) is -0.0851. The molecule has 0 spiro atoms. The van der Waals surface area contributed by atoms with E-state index in [2.05, 4.69) is 16.0 Å². The highest BCUT2D eigenvalue weighted by Crippen LogP contribution is 2.35. The quantitative estimate of drug-likeness (QED) is 0.683. The van der Waals surface area contributed by atoms with Crippen LogP contribution < -0.4 is 4.90 Å². The van der Waals surface area contributed by atoms with Crippen LogP contribution in [0.15, 0.2) is 46.8 Å². The van der Waals surface area contributed by atoms with E-state index in [0.29, 0.717) is 23.1 Å². The van der Waals surface area contributed by atoms with Crippen molar-refractivity contribution in [2.24, 2.45) is 5.92 Å². The van der Waals surface area contributed by atoms with Gasteiger partial charge in [0.1, 0.15) is 0 Å². The Balaban J connectivity index is 1.75. The van der Waals surface area contributed by atoms with Crippen molar-refractivity contribution in [3.63, 3.8) is 0 Å². The molecule has 0 aromatic carbocycles. The number of carbonyl (C=O) groups excluding carboxylic acids is 1. The van der Waals surface area contributed by atoms with E-state index in [0.717, 1.165) is 42.8 Å². The summed E-state index contributed by atoms with van der Waals surface area (Å²) in [5, 5.41) is 1.10. The van der Waals surface area contributed by atoms with E-state index in [-0.39, 0.29) is 11.9 Å². The van der Waals surface area contributed by atoms with E-state index in [1.165, 1.54) is 0 Å². The Morgan fingerprint density at radius 2 is 2.08 bits per heavy atom. The number of halogens is 2. The molecule has 4 nitrogen and oxygen atoms in total. The van der Waals surface area contributed by atoms with Gasteiger partial charge in [-0.1, -0.05) is 35.4 Å². The van der Waals surface area contributed by atoms with Gasteiger partial charge in [-0.05, 0) is 49.5 Å². The zero-order valence-electron chi connectivity index (χ0n) is 14.8. The van der Waals surface area contributed by atoms with E-state index in [9.17, 15) is 4.79 Å². The molecule has 1 aliphatic heterocycles. The van der Waals surface area contributed by atoms with Crippen LogP contribution in [0.2, 0.25) is 0 Å². The van der Waals surface area contributed by atoms with Crippen molar-refractivity contribution >= 4 is 40.4 Å². The van der Waals surface area contributed by atoms with Crippen LogP contribution in [0.25, 0.3) is 5.57 Å². The lowest BCUT2D eigenvalue weighted by Gasteiger charge is -2.32. The first-order valence-corrected chi connectivity index (χ1v) is 9.64. The zero-order chi connectivity index (χ0) is 18.5. The monoisotopic (exact) mass is 392 g/mol. The average molecular weight is 393 g/mol. The van der Waals surface area contributed by atoms with E-state index in [1.54, 1.807) is 6.08 Å². The van der Waals surface area contributed by atoms with Crippen LogP contribution in [0.5, 0.6) is 0 Å². The van der Waals surface area contributed by atoms with Crippen LogP contribution >= 0.6 is 23.2 Å². The van der Waals surface area contributed by atoms with Gasteiger partial charge in [0.15, 0.2) is 0 Å². The van der Waals surface area contributed by atoms with Gasteiger partial charge in [0.25, 0.3) is 0 Å². The SMILES string of the molecule is CCOC(=O)C1CCN(c2cncc(C3=C(Cl)C(Cl)=CC=CC3)c2)CC1. The number of pyridine rings is 1. The van der Waals surface area contributed by atoms with Gasteiger partial charge in [-0.15, -0.1) is 0 Å². The number of nitrogens with zero attached hydrogens (tertiary/aromatic N) is 2. The van der Waals surface area contributed by atoms with E-state index in [4.69, 9.17) is 27.9 Å². The highest BCUT2D eigenvalue weighted by Gasteiger charge is 2.26. The molecule has 0 atom stereocenters. The lowest BCUT2D eigenvalue weighted by Crippen LogP contribution is -2.37. The van der Waals surface area contributed by atoms with Crippen molar-refractivity contribution in [2.45, 2.75) is 26.2 Å². The van der Waals surface area contributed by atoms with Gasteiger partial charge >= 0.3 is 5.97 Å². The summed E-state index contributed by atoms with van der Waals surface area (Å²) in [6.45, 7) is 3.89. The molecule has 1 aliphatic carbocycles. The highest BCUT2D eigenvalue weighted by molar-refractivity contribution is 6.46. The Labute approximate surface area is 164 Å². The van der Waals surface area contributed by atoms with Crippen LogP contribution in [0, 0.1) is 5.92 Å². The normalized spacial score (nSPS) is 18.6. The molecule has 2 aliphatic rings. The van der Waals surface area contributed by atoms with Crippen molar-refractivity contribution in [1.29, 1.82) is 0 Å². The maximum absolute atomic E-state index is 11.9. The first-order valence-electron chi connectivity index (χ1n) is 8.88. The van der Waals surface area contributed by atoms with Crippen molar-refractivity contribution in [3.05, 3.63) is 52.3 Å². The molecular weight excluding hydrogens is 371 g/mol. The van der Waals surface area contributed by atoms with Crippen LogP contribution in [0.3, 0.4) is 0 Å². The second kappa shape index (κ2) is 8.74. The summed E-state index contributed by atoms with van der Waals surface area (Å²) in [6.07, 6.45) is 11.7. The van der Waals surface area contributed by atoms with Crippen molar-refractivity contribution < 1.29 is 9.53 Å². The van der Waals surface area contributed by atoms with Gasteiger partial charge in [-0.3, -0.25) is 9.78 Å². The van der Waals surface area contributed by atoms with Gasteiger partial charge in [-0.25, -0.2) is 0 Å². The van der Waals surface area contributed by atoms with Crippen LogP contribution in [0.1, 0.15) is 31.7 Å². The summed E-state index contributed by atoms with van der Waals surface area (Å²) in [5.41, 5.74) is 2.98. The predicted molar refractivity (Wildman–Crippen MR) is 106 cm³/mol. The number of aromatic nitrogens is 1. The number of hydrogen-bond donors (Lipinski definition) is 0. The van der Waals surface area contributed by atoms with Crippen LogP contribution in [-0.2, 0) is 9.53 Å². The standard InChI is InChI=1S/C20H22Cl2N2O2/c1-2-26-20(25)14-7-9-24(10-8-14)16-11-15(12-23-13-16)17-5-3-4-6-18(21)19(17)22/h3-4,6,11-14H,2,5,7-10H2,1H3. The fraction of sp³-hybridized carbons (Fsp3) is 0.400.